The fourth-order valence-electron chi connectivity index (χ4n) is 1.74. The first kappa shape index (κ1) is 11.7. The van der Waals surface area contributed by atoms with Crippen molar-refractivity contribution in [1.82, 2.24) is 4.57 Å². The molecule has 0 aliphatic heterocycles. The minimum atomic E-state index is -0.345. The van der Waals surface area contributed by atoms with E-state index in [0.29, 0.717) is 10.7 Å². The van der Waals surface area contributed by atoms with Gasteiger partial charge in [0.1, 0.15) is 5.69 Å². The molecule has 1 aromatic heterocycles. The third-order valence-electron chi connectivity index (χ3n) is 2.61. The maximum absolute atomic E-state index is 11.7. The van der Waals surface area contributed by atoms with Gasteiger partial charge in [-0.3, -0.25) is 0 Å². The molecule has 0 aliphatic rings. The average molecular weight is 250 g/mol. The number of benzene rings is 1. The molecule has 0 radical (unpaired) electrons. The van der Waals surface area contributed by atoms with E-state index >= 15 is 0 Å². The molecular weight excluding hydrogens is 238 g/mol. The number of hydrogen-bond donors (Lipinski definition) is 0. The summed E-state index contributed by atoms with van der Waals surface area (Å²) in [7, 11) is 3.19. The van der Waals surface area contributed by atoms with Crippen molar-refractivity contribution in [1.29, 1.82) is 0 Å². The van der Waals surface area contributed by atoms with Crippen LogP contribution in [-0.4, -0.2) is 17.6 Å². The van der Waals surface area contributed by atoms with Gasteiger partial charge in [-0.05, 0) is 23.8 Å². The van der Waals surface area contributed by atoms with Crippen molar-refractivity contribution in [2.45, 2.75) is 0 Å². The van der Waals surface area contributed by atoms with Gasteiger partial charge in [0.15, 0.2) is 0 Å². The Labute approximate surface area is 105 Å². The minimum Gasteiger partial charge on any atom is -0.464 e. The number of esters is 1. The molecule has 0 amide bonds. The number of carbonyl (C=O) groups excluding carboxylic acids is 1. The van der Waals surface area contributed by atoms with Gasteiger partial charge in [0.2, 0.25) is 0 Å². The van der Waals surface area contributed by atoms with Crippen LogP contribution in [0.2, 0.25) is 5.02 Å². The highest BCUT2D eigenvalue weighted by molar-refractivity contribution is 6.30. The molecule has 88 valence electrons. The van der Waals surface area contributed by atoms with Crippen LogP contribution in [0.25, 0.3) is 11.1 Å². The Morgan fingerprint density at radius 2 is 1.88 bits per heavy atom. The van der Waals surface area contributed by atoms with E-state index in [1.165, 1.54) is 7.11 Å². The summed E-state index contributed by atoms with van der Waals surface area (Å²) in [6.45, 7) is 0. The molecular formula is C13H12ClNO2. The van der Waals surface area contributed by atoms with Gasteiger partial charge in [-0.25, -0.2) is 4.79 Å². The smallest absolute Gasteiger partial charge is 0.355 e. The number of nitrogens with zero attached hydrogens (tertiary/aromatic N) is 1. The molecule has 17 heavy (non-hydrogen) atoms. The highest BCUT2D eigenvalue weighted by atomic mass is 35.5. The molecule has 1 aromatic carbocycles. The van der Waals surface area contributed by atoms with E-state index in [0.717, 1.165) is 11.1 Å². The van der Waals surface area contributed by atoms with Crippen LogP contribution in [0.3, 0.4) is 0 Å². The number of aromatic nitrogens is 1. The second-order valence-corrected chi connectivity index (χ2v) is 4.12. The number of rotatable bonds is 2. The predicted octanol–water partition coefficient (Wildman–Crippen LogP) is 3.13. The first-order chi connectivity index (χ1) is 8.13. The zero-order valence-electron chi connectivity index (χ0n) is 9.61. The Bertz CT molecular complexity index is 543. The molecule has 0 atom stereocenters. The van der Waals surface area contributed by atoms with Crippen molar-refractivity contribution in [2.24, 2.45) is 7.05 Å². The summed E-state index contributed by atoms with van der Waals surface area (Å²) >= 11 is 5.84. The number of ether oxygens (including phenoxy) is 1. The Balaban J connectivity index is 2.52. The zero-order chi connectivity index (χ0) is 12.4. The molecule has 4 heteroatoms. The van der Waals surface area contributed by atoms with E-state index in [4.69, 9.17) is 16.3 Å². The maximum Gasteiger partial charge on any atom is 0.355 e. The fourth-order valence-corrected chi connectivity index (χ4v) is 1.87. The lowest BCUT2D eigenvalue weighted by atomic mass is 10.1. The maximum atomic E-state index is 11.7. The van der Waals surface area contributed by atoms with Crippen LogP contribution in [0.5, 0.6) is 0 Å². The van der Waals surface area contributed by atoms with Crippen LogP contribution in [0, 0.1) is 0 Å². The van der Waals surface area contributed by atoms with Crippen molar-refractivity contribution < 1.29 is 9.53 Å². The van der Waals surface area contributed by atoms with Gasteiger partial charge in [0, 0.05) is 23.8 Å². The summed E-state index contributed by atoms with van der Waals surface area (Å²) in [5.74, 6) is -0.345. The van der Waals surface area contributed by atoms with E-state index in [9.17, 15) is 4.79 Å². The number of carbonyl (C=O) groups is 1. The Kier molecular flexibility index (Phi) is 3.20. The van der Waals surface area contributed by atoms with Gasteiger partial charge in [-0.15, -0.1) is 0 Å². The monoisotopic (exact) mass is 249 g/mol. The molecule has 2 aromatic rings. The highest BCUT2D eigenvalue weighted by Gasteiger charge is 2.16. The lowest BCUT2D eigenvalue weighted by Gasteiger charge is -2.05. The van der Waals surface area contributed by atoms with Crippen LogP contribution in [0.15, 0.2) is 36.5 Å². The number of halogens is 1. The van der Waals surface area contributed by atoms with Crippen molar-refractivity contribution in [2.75, 3.05) is 7.11 Å². The summed E-state index contributed by atoms with van der Waals surface area (Å²) in [6, 6.07) is 9.24. The molecule has 3 nitrogen and oxygen atoms in total. The Morgan fingerprint density at radius 3 is 2.47 bits per heavy atom. The quantitative estimate of drug-likeness (QED) is 0.766. The minimum absolute atomic E-state index is 0.345. The SMILES string of the molecule is COC(=O)c1c(-c2ccc(Cl)cc2)ccn1C. The van der Waals surface area contributed by atoms with Crippen LogP contribution in [0.4, 0.5) is 0 Å². The normalized spacial score (nSPS) is 10.3. The van der Waals surface area contributed by atoms with E-state index in [1.807, 2.05) is 31.4 Å². The third-order valence-corrected chi connectivity index (χ3v) is 2.86. The third kappa shape index (κ3) is 2.19. The van der Waals surface area contributed by atoms with Crippen LogP contribution < -0.4 is 0 Å². The van der Waals surface area contributed by atoms with E-state index in [2.05, 4.69) is 0 Å². The number of aryl methyl sites for hydroxylation is 1. The summed E-state index contributed by atoms with van der Waals surface area (Å²) < 4.78 is 6.52. The van der Waals surface area contributed by atoms with Crippen molar-refractivity contribution in [3.8, 4) is 11.1 Å². The van der Waals surface area contributed by atoms with Crippen molar-refractivity contribution >= 4 is 17.6 Å². The average Bonchev–Trinajstić information content (AvgIpc) is 2.71. The van der Waals surface area contributed by atoms with Gasteiger partial charge >= 0.3 is 5.97 Å². The van der Waals surface area contributed by atoms with Gasteiger partial charge in [0.25, 0.3) is 0 Å². The van der Waals surface area contributed by atoms with Gasteiger partial charge in [-0.2, -0.15) is 0 Å². The highest BCUT2D eigenvalue weighted by Crippen LogP contribution is 2.26. The fraction of sp³-hybridized carbons (Fsp3) is 0.154. The molecule has 0 N–H and O–H groups in total. The number of methoxy groups -OCH3 is 1. The van der Waals surface area contributed by atoms with Crippen LogP contribution in [0.1, 0.15) is 10.5 Å². The molecule has 0 unspecified atom stereocenters. The summed E-state index contributed by atoms with van der Waals surface area (Å²) in [6.07, 6.45) is 1.83. The second-order valence-electron chi connectivity index (χ2n) is 3.69. The summed E-state index contributed by atoms with van der Waals surface area (Å²) in [5.41, 5.74) is 2.32. The molecule has 0 spiro atoms. The molecule has 0 saturated carbocycles. The van der Waals surface area contributed by atoms with E-state index in [-0.39, 0.29) is 5.97 Å². The lowest BCUT2D eigenvalue weighted by molar-refractivity contribution is 0.0591. The molecule has 2 rings (SSSR count). The Hall–Kier alpha value is -1.74. The van der Waals surface area contributed by atoms with Gasteiger partial charge < -0.3 is 9.30 Å². The van der Waals surface area contributed by atoms with Crippen LogP contribution >= 0.6 is 11.6 Å². The van der Waals surface area contributed by atoms with Gasteiger partial charge in [0.05, 0.1) is 7.11 Å². The molecule has 0 bridgehead atoms. The molecule has 0 saturated heterocycles. The first-order valence-corrected chi connectivity index (χ1v) is 5.51. The topological polar surface area (TPSA) is 31.2 Å². The second kappa shape index (κ2) is 4.63. The lowest BCUT2D eigenvalue weighted by Crippen LogP contribution is -2.08. The van der Waals surface area contributed by atoms with Crippen molar-refractivity contribution in [3.63, 3.8) is 0 Å². The zero-order valence-corrected chi connectivity index (χ0v) is 10.4. The standard InChI is InChI=1S/C13H12ClNO2/c1-15-8-7-11(12(15)13(16)17-2)9-3-5-10(14)6-4-9/h3-8H,1-2H3. The molecule has 0 fully saturated rings. The largest absolute Gasteiger partial charge is 0.464 e. The Morgan fingerprint density at radius 1 is 1.24 bits per heavy atom. The first-order valence-electron chi connectivity index (χ1n) is 5.13. The van der Waals surface area contributed by atoms with E-state index in [1.54, 1.807) is 16.7 Å². The van der Waals surface area contributed by atoms with Gasteiger partial charge in [-0.1, -0.05) is 23.7 Å². The summed E-state index contributed by atoms with van der Waals surface area (Å²) in [4.78, 5) is 11.7. The van der Waals surface area contributed by atoms with Crippen molar-refractivity contribution in [3.05, 3.63) is 47.2 Å². The van der Waals surface area contributed by atoms with Crippen LogP contribution in [-0.2, 0) is 11.8 Å². The number of hydrogen-bond acceptors (Lipinski definition) is 2. The predicted molar refractivity (Wildman–Crippen MR) is 67.2 cm³/mol. The van der Waals surface area contributed by atoms with E-state index < -0.39 is 0 Å². The summed E-state index contributed by atoms with van der Waals surface area (Å²) in [5, 5.41) is 0.671. The molecule has 1 heterocycles. The molecule has 0 aliphatic carbocycles.